The van der Waals surface area contributed by atoms with Crippen molar-refractivity contribution in [2.75, 3.05) is 23.7 Å². The number of nitrogens with one attached hydrogen (secondary N) is 1. The van der Waals surface area contributed by atoms with Gasteiger partial charge in [-0.2, -0.15) is 0 Å². The summed E-state index contributed by atoms with van der Waals surface area (Å²) in [6.07, 6.45) is 3.11. The Bertz CT molecular complexity index is 1140. The molecule has 2 rings (SSSR count). The van der Waals surface area contributed by atoms with Crippen LogP contribution < -0.4 is 9.62 Å². The average Bonchev–Trinajstić information content (AvgIpc) is 2.79. The molecule has 7 nitrogen and oxygen atoms in total. The summed E-state index contributed by atoms with van der Waals surface area (Å²) in [5.74, 6) is -0.790. The number of rotatable bonds is 12. The number of anilines is 1. The van der Waals surface area contributed by atoms with E-state index in [0.717, 1.165) is 34.5 Å². The lowest BCUT2D eigenvalue weighted by molar-refractivity contribution is -0.140. The molecule has 1 unspecified atom stereocenters. The minimum atomic E-state index is -3.89. The van der Waals surface area contributed by atoms with Crippen molar-refractivity contribution in [1.82, 2.24) is 10.2 Å². The monoisotopic (exact) mass is 541 g/mol. The molecule has 2 aromatic carbocycles. The highest BCUT2D eigenvalue weighted by molar-refractivity contribution is 7.92. The molecule has 1 atom stereocenters. The lowest BCUT2D eigenvalue weighted by Gasteiger charge is -2.33. The summed E-state index contributed by atoms with van der Waals surface area (Å²) in [5, 5.41) is 3.32. The van der Waals surface area contributed by atoms with E-state index in [1.165, 1.54) is 23.1 Å². The zero-order chi connectivity index (χ0) is 26.2. The summed E-state index contributed by atoms with van der Waals surface area (Å²) >= 11 is 12.3. The van der Waals surface area contributed by atoms with Crippen molar-refractivity contribution in [3.63, 3.8) is 0 Å². The molecule has 1 N–H and O–H groups in total. The smallest absolute Gasteiger partial charge is 0.244 e. The fourth-order valence-electron chi connectivity index (χ4n) is 3.67. The van der Waals surface area contributed by atoms with Crippen LogP contribution in [0.25, 0.3) is 0 Å². The molecule has 0 bridgehead atoms. The van der Waals surface area contributed by atoms with Crippen molar-refractivity contribution in [2.24, 2.45) is 0 Å². The largest absolute Gasteiger partial charge is 0.354 e. The van der Waals surface area contributed by atoms with Gasteiger partial charge in [0.2, 0.25) is 21.8 Å². The van der Waals surface area contributed by atoms with Crippen LogP contribution in [0.4, 0.5) is 5.69 Å². The van der Waals surface area contributed by atoms with Crippen molar-refractivity contribution < 1.29 is 18.0 Å². The number of unbranched alkanes of at least 4 members (excludes halogenated alkanes) is 1. The van der Waals surface area contributed by atoms with E-state index in [4.69, 9.17) is 23.2 Å². The second-order valence-electron chi connectivity index (χ2n) is 8.38. The predicted octanol–water partition coefficient (Wildman–Crippen LogP) is 4.79. The van der Waals surface area contributed by atoms with Crippen LogP contribution in [0.3, 0.4) is 0 Å². The topological polar surface area (TPSA) is 86.8 Å². The molecule has 0 fully saturated rings. The number of carbonyl (C=O) groups excluding carboxylic acids is 2. The molecule has 0 aromatic heterocycles. The highest BCUT2D eigenvalue weighted by atomic mass is 35.5. The van der Waals surface area contributed by atoms with Gasteiger partial charge in [0.25, 0.3) is 0 Å². The quantitative estimate of drug-likeness (QED) is 0.391. The molecule has 2 amide bonds. The normalized spacial score (nSPS) is 12.2. The molecule has 0 radical (unpaired) electrons. The lowest BCUT2D eigenvalue weighted by Crippen LogP contribution is -2.52. The fraction of sp³-hybridized carbons (Fsp3) is 0.440. The average molecular weight is 543 g/mol. The minimum absolute atomic E-state index is 0.103. The molecule has 10 heteroatoms. The third-order valence-electron chi connectivity index (χ3n) is 5.67. The number of hydrogen-bond acceptors (Lipinski definition) is 4. The maximum absolute atomic E-state index is 13.7. The zero-order valence-corrected chi connectivity index (χ0v) is 22.9. The van der Waals surface area contributed by atoms with E-state index in [9.17, 15) is 18.0 Å². The standard InChI is InChI=1S/C25H33Cl2N3O4S/c1-5-7-14-28-25(32)22(6-2)29(16-19-11-9-8-10-18(19)3)24(31)17-30(35(4,33)34)23-15-20(26)12-13-21(23)27/h8-13,15,22H,5-7,14,16-17H2,1-4H3,(H,28,32). The summed E-state index contributed by atoms with van der Waals surface area (Å²) in [4.78, 5) is 28.2. The Morgan fingerprint density at radius 1 is 1.09 bits per heavy atom. The van der Waals surface area contributed by atoms with Gasteiger partial charge in [-0.1, -0.05) is 67.7 Å². The summed E-state index contributed by atoms with van der Waals surface area (Å²) in [5.41, 5.74) is 1.93. The molecule has 192 valence electrons. The summed E-state index contributed by atoms with van der Waals surface area (Å²) in [6.45, 7) is 5.92. The van der Waals surface area contributed by atoms with Crippen LogP contribution in [0.2, 0.25) is 10.0 Å². The second kappa shape index (κ2) is 13.1. The number of sulfonamides is 1. The fourth-order valence-corrected chi connectivity index (χ4v) is 4.96. The maximum Gasteiger partial charge on any atom is 0.244 e. The van der Waals surface area contributed by atoms with Gasteiger partial charge in [-0.3, -0.25) is 13.9 Å². The van der Waals surface area contributed by atoms with Gasteiger partial charge in [-0.05, 0) is 49.1 Å². The number of hydrogen-bond donors (Lipinski definition) is 1. The molecule has 0 aliphatic carbocycles. The molecular weight excluding hydrogens is 509 g/mol. The van der Waals surface area contributed by atoms with Gasteiger partial charge in [0.15, 0.2) is 0 Å². The van der Waals surface area contributed by atoms with E-state index >= 15 is 0 Å². The Kier molecular flexibility index (Phi) is 10.9. The molecule has 35 heavy (non-hydrogen) atoms. The van der Waals surface area contributed by atoms with Crippen LogP contribution in [0.1, 0.15) is 44.2 Å². The Morgan fingerprint density at radius 3 is 2.37 bits per heavy atom. The first kappa shape index (κ1) is 28.9. The first-order valence-electron chi connectivity index (χ1n) is 11.5. The Morgan fingerprint density at radius 2 is 1.77 bits per heavy atom. The van der Waals surface area contributed by atoms with Gasteiger partial charge in [0, 0.05) is 18.1 Å². The van der Waals surface area contributed by atoms with Crippen molar-refractivity contribution in [2.45, 2.75) is 52.6 Å². The Labute approximate surface area is 218 Å². The van der Waals surface area contributed by atoms with Crippen LogP contribution in [-0.2, 0) is 26.2 Å². The molecule has 0 aliphatic rings. The van der Waals surface area contributed by atoms with E-state index in [0.29, 0.717) is 13.0 Å². The van der Waals surface area contributed by atoms with E-state index < -0.39 is 28.5 Å². The third kappa shape index (κ3) is 8.12. The minimum Gasteiger partial charge on any atom is -0.354 e. The van der Waals surface area contributed by atoms with Crippen molar-refractivity contribution in [1.29, 1.82) is 0 Å². The molecular formula is C25H33Cl2N3O4S. The summed E-state index contributed by atoms with van der Waals surface area (Å²) in [7, 11) is -3.89. The van der Waals surface area contributed by atoms with Crippen LogP contribution in [-0.4, -0.2) is 50.5 Å². The SMILES string of the molecule is CCCCNC(=O)C(CC)N(Cc1ccccc1C)C(=O)CN(c1cc(Cl)ccc1Cl)S(C)(=O)=O. The highest BCUT2D eigenvalue weighted by Gasteiger charge is 2.32. The molecule has 0 spiro atoms. The van der Waals surface area contributed by atoms with E-state index in [2.05, 4.69) is 5.32 Å². The first-order chi connectivity index (χ1) is 16.5. The second-order valence-corrected chi connectivity index (χ2v) is 11.1. The number of carbonyl (C=O) groups is 2. The van der Waals surface area contributed by atoms with Gasteiger partial charge < -0.3 is 10.2 Å². The van der Waals surface area contributed by atoms with E-state index in [1.54, 1.807) is 0 Å². The van der Waals surface area contributed by atoms with Crippen LogP contribution >= 0.6 is 23.2 Å². The van der Waals surface area contributed by atoms with Crippen molar-refractivity contribution in [3.8, 4) is 0 Å². The maximum atomic E-state index is 13.7. The number of aryl methyl sites for hydroxylation is 1. The lowest BCUT2D eigenvalue weighted by atomic mass is 10.1. The van der Waals surface area contributed by atoms with Gasteiger partial charge in [-0.25, -0.2) is 8.42 Å². The third-order valence-corrected chi connectivity index (χ3v) is 7.35. The Hall–Kier alpha value is -2.29. The summed E-state index contributed by atoms with van der Waals surface area (Å²) < 4.78 is 26.3. The predicted molar refractivity (Wildman–Crippen MR) is 142 cm³/mol. The van der Waals surface area contributed by atoms with Gasteiger partial charge in [0.1, 0.15) is 12.6 Å². The molecule has 0 heterocycles. The molecule has 0 aliphatic heterocycles. The Balaban J connectivity index is 2.46. The van der Waals surface area contributed by atoms with Crippen LogP contribution in [0.5, 0.6) is 0 Å². The number of halogens is 2. The molecule has 0 saturated heterocycles. The van der Waals surface area contributed by atoms with Crippen LogP contribution in [0, 0.1) is 6.92 Å². The number of nitrogens with zero attached hydrogens (tertiary/aromatic N) is 2. The van der Waals surface area contributed by atoms with Gasteiger partial charge in [-0.15, -0.1) is 0 Å². The molecule has 2 aromatic rings. The highest BCUT2D eigenvalue weighted by Crippen LogP contribution is 2.31. The van der Waals surface area contributed by atoms with E-state index in [1.807, 2.05) is 45.0 Å². The van der Waals surface area contributed by atoms with Gasteiger partial charge >= 0.3 is 0 Å². The van der Waals surface area contributed by atoms with Crippen LogP contribution in [0.15, 0.2) is 42.5 Å². The number of benzene rings is 2. The zero-order valence-electron chi connectivity index (χ0n) is 20.6. The molecule has 0 saturated carbocycles. The number of amides is 2. The van der Waals surface area contributed by atoms with Crippen molar-refractivity contribution >= 4 is 50.7 Å². The van der Waals surface area contributed by atoms with Crippen molar-refractivity contribution in [3.05, 3.63) is 63.6 Å². The van der Waals surface area contributed by atoms with Gasteiger partial charge in [0.05, 0.1) is 17.0 Å². The van der Waals surface area contributed by atoms with E-state index in [-0.39, 0.29) is 28.2 Å². The first-order valence-corrected chi connectivity index (χ1v) is 14.1. The summed E-state index contributed by atoms with van der Waals surface area (Å²) in [6, 6.07) is 11.2.